The van der Waals surface area contributed by atoms with Gasteiger partial charge in [0.25, 0.3) is 0 Å². The van der Waals surface area contributed by atoms with E-state index in [2.05, 4.69) is 4.99 Å². The Hall–Kier alpha value is -1.22. The number of ether oxygens (including phenoxy) is 2. The lowest BCUT2D eigenvalue weighted by Gasteiger charge is -2.39. The van der Waals surface area contributed by atoms with Gasteiger partial charge >= 0.3 is 0 Å². The van der Waals surface area contributed by atoms with E-state index in [1.165, 1.54) is 0 Å². The highest BCUT2D eigenvalue weighted by Gasteiger charge is 2.45. The van der Waals surface area contributed by atoms with E-state index in [9.17, 15) is 15.3 Å². The summed E-state index contributed by atoms with van der Waals surface area (Å²) in [5.74, 6) is 0.407. The molecule has 8 heteroatoms. The van der Waals surface area contributed by atoms with E-state index < -0.39 is 37.3 Å². The number of hydrogen-bond donors (Lipinski definition) is 4. The number of aliphatic hydroxyl groups excluding tert-OH is 4. The molecule has 0 saturated carbocycles. The first kappa shape index (κ1) is 15.7. The third kappa shape index (κ3) is 2.60. The van der Waals surface area contributed by atoms with Gasteiger partial charge in [0.2, 0.25) is 6.29 Å². The van der Waals surface area contributed by atoms with Crippen molar-refractivity contribution in [2.24, 2.45) is 4.99 Å². The maximum atomic E-state index is 9.98. The van der Waals surface area contributed by atoms with Crippen molar-refractivity contribution in [3.63, 3.8) is 0 Å². The van der Waals surface area contributed by atoms with Crippen LogP contribution in [0.15, 0.2) is 23.2 Å². The smallest absolute Gasteiger partial charge is 0.228 e. The van der Waals surface area contributed by atoms with Crippen LogP contribution in [0.2, 0.25) is 5.02 Å². The third-order valence-corrected chi connectivity index (χ3v) is 4.09. The van der Waals surface area contributed by atoms with Crippen molar-refractivity contribution >= 4 is 17.4 Å². The number of halogens is 1. The summed E-state index contributed by atoms with van der Waals surface area (Å²) in [6, 6.07) is 5.24. The maximum absolute atomic E-state index is 9.98. The van der Waals surface area contributed by atoms with Gasteiger partial charge in [-0.2, -0.15) is 0 Å². The predicted octanol–water partition coefficient (Wildman–Crippen LogP) is -2.10. The molecule has 0 aromatic heterocycles. The summed E-state index contributed by atoms with van der Waals surface area (Å²) in [6.07, 6.45) is -6.62. The van der Waals surface area contributed by atoms with Gasteiger partial charge in [0.1, 0.15) is 30.2 Å². The van der Waals surface area contributed by atoms with Gasteiger partial charge in [0, 0.05) is 0 Å². The fourth-order valence-electron chi connectivity index (χ4n) is 2.56. The summed E-state index contributed by atoms with van der Waals surface area (Å²) in [5.41, 5.74) is 0. The first-order valence-corrected chi connectivity index (χ1v) is 7.20. The molecule has 4 N–H and O–H groups in total. The standard InChI is InChI=1S/C14H16ClNO6/c15-6-2-1-3-7-10(6)8(4-16-7)21-14-13(20)12(19)11(18)9(5-17)22-14/h1-3,9,11-14,17-20H,4-5H2/t9-,11+,12+,13-,14-/m0/s1. The molecule has 0 unspecified atom stereocenters. The molecule has 0 aliphatic carbocycles. The lowest BCUT2D eigenvalue weighted by molar-refractivity contribution is -0.284. The molecule has 7 nitrogen and oxygen atoms in total. The molecule has 0 radical (unpaired) electrons. The molecule has 120 valence electrons. The highest BCUT2D eigenvalue weighted by atomic mass is 35.5. The molecular formula is C14H16ClNO6. The van der Waals surface area contributed by atoms with Gasteiger partial charge in [-0.1, -0.05) is 17.7 Å². The van der Waals surface area contributed by atoms with Crippen LogP contribution in [0.5, 0.6) is 0 Å². The molecule has 3 rings (SSSR count). The molecule has 0 amide bonds. The van der Waals surface area contributed by atoms with E-state index in [1.54, 1.807) is 18.2 Å². The van der Waals surface area contributed by atoms with E-state index >= 15 is 0 Å². The summed E-state index contributed by atoms with van der Waals surface area (Å²) in [7, 11) is 0. The molecule has 2 heterocycles. The van der Waals surface area contributed by atoms with Gasteiger partial charge in [-0.3, -0.25) is 4.99 Å². The average Bonchev–Trinajstić information content (AvgIpc) is 2.92. The Morgan fingerprint density at radius 3 is 2.73 bits per heavy atom. The molecule has 22 heavy (non-hydrogen) atoms. The first-order chi connectivity index (χ1) is 10.5. The maximum Gasteiger partial charge on any atom is 0.228 e. The molecular weight excluding hydrogens is 314 g/mol. The summed E-state index contributed by atoms with van der Waals surface area (Å²) in [4.78, 5) is 4.26. The van der Waals surface area contributed by atoms with Crippen LogP contribution in [0, 0.1) is 0 Å². The zero-order valence-electron chi connectivity index (χ0n) is 11.5. The predicted molar refractivity (Wildman–Crippen MR) is 75.4 cm³/mol. The van der Waals surface area contributed by atoms with Crippen molar-refractivity contribution in [1.82, 2.24) is 0 Å². The summed E-state index contributed by atoms with van der Waals surface area (Å²) in [6.45, 7) is -0.282. The zero-order valence-corrected chi connectivity index (χ0v) is 12.2. The Labute approximate surface area is 130 Å². The van der Waals surface area contributed by atoms with Crippen molar-refractivity contribution in [1.29, 1.82) is 0 Å². The largest absolute Gasteiger partial charge is 0.464 e. The zero-order chi connectivity index (χ0) is 15.9. The van der Waals surface area contributed by atoms with E-state index in [4.69, 9.17) is 26.2 Å². The van der Waals surface area contributed by atoms with Gasteiger partial charge in [-0.15, -0.1) is 0 Å². The average molecular weight is 330 g/mol. The molecule has 0 bridgehead atoms. The Morgan fingerprint density at radius 2 is 2.00 bits per heavy atom. The van der Waals surface area contributed by atoms with Gasteiger partial charge < -0.3 is 29.9 Å². The van der Waals surface area contributed by atoms with Crippen LogP contribution in [-0.4, -0.2) is 64.3 Å². The third-order valence-electron chi connectivity index (χ3n) is 3.77. The first-order valence-electron chi connectivity index (χ1n) is 6.82. The number of aliphatic hydroxyl groups is 4. The van der Waals surface area contributed by atoms with Crippen LogP contribution in [0.25, 0.3) is 5.76 Å². The van der Waals surface area contributed by atoms with Crippen LogP contribution >= 0.6 is 11.6 Å². The summed E-state index contributed by atoms with van der Waals surface area (Å²) in [5, 5.41) is 40.4. The van der Waals surface area contributed by atoms with Crippen molar-refractivity contribution in [3.8, 4) is 0 Å². The van der Waals surface area contributed by atoms with E-state index in [1.807, 2.05) is 0 Å². The van der Waals surface area contributed by atoms with E-state index in [-0.39, 0.29) is 6.54 Å². The Morgan fingerprint density at radius 1 is 1.23 bits per heavy atom. The van der Waals surface area contributed by atoms with Crippen LogP contribution in [0.4, 0.5) is 0 Å². The van der Waals surface area contributed by atoms with Gasteiger partial charge in [0.05, 0.1) is 28.8 Å². The molecule has 1 aromatic rings. The van der Waals surface area contributed by atoms with E-state index in [0.29, 0.717) is 21.4 Å². The minimum atomic E-state index is -1.49. The van der Waals surface area contributed by atoms with Gasteiger partial charge in [0.15, 0.2) is 0 Å². The molecule has 1 fully saturated rings. The van der Waals surface area contributed by atoms with Gasteiger partial charge in [-0.25, -0.2) is 0 Å². The lowest BCUT2D eigenvalue weighted by Crippen LogP contribution is -2.59. The number of rotatable bonds is 3. The minimum Gasteiger partial charge on any atom is -0.464 e. The van der Waals surface area contributed by atoms with Crippen molar-refractivity contribution in [2.75, 3.05) is 13.2 Å². The van der Waals surface area contributed by atoms with Crippen molar-refractivity contribution in [3.05, 3.63) is 33.8 Å². The van der Waals surface area contributed by atoms with Crippen LogP contribution < -0.4 is 10.6 Å². The SMILES string of the molecule is OC[C@@H]1O[C@H](OC2=c3c(Cl)cccc3=NC2)[C@@H](O)[C@H](O)[C@@H]1O. The highest BCUT2D eigenvalue weighted by molar-refractivity contribution is 6.30. The Balaban J connectivity index is 1.89. The fourth-order valence-corrected chi connectivity index (χ4v) is 2.83. The van der Waals surface area contributed by atoms with Crippen molar-refractivity contribution < 1.29 is 29.9 Å². The Bertz CT molecular complexity index is 678. The number of fused-ring (bicyclic) bond motifs is 1. The Kier molecular flexibility index (Phi) is 4.35. The molecule has 1 aromatic carbocycles. The molecule has 1 saturated heterocycles. The minimum absolute atomic E-state index is 0.230. The molecule has 5 atom stereocenters. The lowest BCUT2D eigenvalue weighted by atomic mass is 9.99. The number of benzene rings is 1. The second-order valence-corrected chi connectivity index (χ2v) is 5.60. The second kappa shape index (κ2) is 6.11. The second-order valence-electron chi connectivity index (χ2n) is 5.19. The van der Waals surface area contributed by atoms with Crippen LogP contribution in [0.1, 0.15) is 0 Å². The van der Waals surface area contributed by atoms with Crippen molar-refractivity contribution in [2.45, 2.75) is 30.7 Å². The van der Waals surface area contributed by atoms with Crippen LogP contribution in [-0.2, 0) is 9.47 Å². The highest BCUT2D eigenvalue weighted by Crippen LogP contribution is 2.24. The summed E-state index contributed by atoms with van der Waals surface area (Å²) < 4.78 is 10.9. The molecule has 2 aliphatic heterocycles. The number of nitrogens with zero attached hydrogens (tertiary/aromatic N) is 1. The number of hydrogen-bond acceptors (Lipinski definition) is 7. The summed E-state index contributed by atoms with van der Waals surface area (Å²) >= 11 is 6.13. The van der Waals surface area contributed by atoms with Crippen LogP contribution in [0.3, 0.4) is 0 Å². The normalized spacial score (nSPS) is 34.2. The topological polar surface area (TPSA) is 112 Å². The monoisotopic (exact) mass is 329 g/mol. The fraction of sp³-hybridized carbons (Fsp3) is 0.500. The van der Waals surface area contributed by atoms with E-state index in [0.717, 1.165) is 0 Å². The van der Waals surface area contributed by atoms with Gasteiger partial charge in [-0.05, 0) is 12.1 Å². The molecule has 0 spiro atoms. The molecule has 2 aliphatic rings. The quantitative estimate of drug-likeness (QED) is 0.505.